The lowest BCUT2D eigenvalue weighted by atomic mass is 9.93. The van der Waals surface area contributed by atoms with Gasteiger partial charge in [0.25, 0.3) is 11.7 Å². The van der Waals surface area contributed by atoms with E-state index in [9.17, 15) is 14.7 Å². The smallest absolute Gasteiger partial charge is 0.295 e. The Morgan fingerprint density at radius 3 is 2.43 bits per heavy atom. The maximum atomic E-state index is 13.3. The SMILES string of the molecule is CCc1ccc([C@H]2C(=C(O)c3ccc(OC)cc3C)C(=O)C(=O)N2CCCN2CCOCC2)cc1. The zero-order chi connectivity index (χ0) is 24.9. The van der Waals surface area contributed by atoms with E-state index in [1.54, 1.807) is 30.2 Å². The molecule has 2 fully saturated rings. The number of hydrogen-bond donors (Lipinski definition) is 1. The molecule has 1 atom stereocenters. The molecule has 2 aliphatic heterocycles. The molecule has 2 aromatic carbocycles. The predicted octanol–water partition coefficient (Wildman–Crippen LogP) is 3.71. The highest BCUT2D eigenvalue weighted by molar-refractivity contribution is 6.46. The van der Waals surface area contributed by atoms with E-state index in [4.69, 9.17) is 9.47 Å². The van der Waals surface area contributed by atoms with Gasteiger partial charge in [0.05, 0.1) is 31.9 Å². The Labute approximate surface area is 206 Å². The van der Waals surface area contributed by atoms with Crippen molar-refractivity contribution in [2.45, 2.75) is 32.7 Å². The van der Waals surface area contributed by atoms with E-state index in [0.29, 0.717) is 17.9 Å². The normalized spacial score (nSPS) is 20.4. The van der Waals surface area contributed by atoms with Crippen LogP contribution in [0.25, 0.3) is 5.76 Å². The number of ether oxygens (including phenoxy) is 2. The number of hydrogen-bond acceptors (Lipinski definition) is 6. The number of carbonyl (C=O) groups is 2. The van der Waals surface area contributed by atoms with Crippen LogP contribution in [0.15, 0.2) is 48.0 Å². The first kappa shape index (κ1) is 24.9. The molecule has 0 aromatic heterocycles. The van der Waals surface area contributed by atoms with Crippen molar-refractivity contribution in [3.63, 3.8) is 0 Å². The largest absolute Gasteiger partial charge is 0.507 e. The topological polar surface area (TPSA) is 79.3 Å². The Hall–Kier alpha value is -3.16. The van der Waals surface area contributed by atoms with Gasteiger partial charge < -0.3 is 19.5 Å². The van der Waals surface area contributed by atoms with E-state index in [-0.39, 0.29) is 11.3 Å². The third-order valence-electron chi connectivity index (χ3n) is 6.91. The van der Waals surface area contributed by atoms with Crippen molar-refractivity contribution in [1.82, 2.24) is 9.80 Å². The lowest BCUT2D eigenvalue weighted by Gasteiger charge is -2.29. The quantitative estimate of drug-likeness (QED) is 0.354. The number of aliphatic hydroxyl groups is 1. The van der Waals surface area contributed by atoms with Crippen molar-refractivity contribution < 1.29 is 24.2 Å². The minimum Gasteiger partial charge on any atom is -0.507 e. The van der Waals surface area contributed by atoms with Crippen molar-refractivity contribution in [2.75, 3.05) is 46.5 Å². The molecule has 0 bridgehead atoms. The molecule has 0 radical (unpaired) electrons. The fourth-order valence-corrected chi connectivity index (χ4v) is 4.86. The number of aliphatic hydroxyl groups excluding tert-OH is 1. The molecule has 2 aliphatic rings. The van der Waals surface area contributed by atoms with Crippen LogP contribution in [0.4, 0.5) is 0 Å². The van der Waals surface area contributed by atoms with Crippen molar-refractivity contribution in [3.8, 4) is 5.75 Å². The lowest BCUT2D eigenvalue weighted by molar-refractivity contribution is -0.140. The molecule has 7 nitrogen and oxygen atoms in total. The van der Waals surface area contributed by atoms with Crippen molar-refractivity contribution >= 4 is 17.4 Å². The lowest BCUT2D eigenvalue weighted by Crippen LogP contribution is -2.38. The monoisotopic (exact) mass is 478 g/mol. The molecule has 4 rings (SSSR count). The molecule has 0 aliphatic carbocycles. The average molecular weight is 479 g/mol. The van der Waals surface area contributed by atoms with E-state index >= 15 is 0 Å². The molecular weight excluding hydrogens is 444 g/mol. The number of morpholine rings is 1. The van der Waals surface area contributed by atoms with Crippen LogP contribution >= 0.6 is 0 Å². The summed E-state index contributed by atoms with van der Waals surface area (Å²) in [6.45, 7) is 8.37. The number of methoxy groups -OCH3 is 1. The van der Waals surface area contributed by atoms with Crippen LogP contribution < -0.4 is 4.74 Å². The Balaban J connectivity index is 1.70. The van der Waals surface area contributed by atoms with Crippen LogP contribution in [-0.4, -0.2) is 73.1 Å². The van der Waals surface area contributed by atoms with E-state index < -0.39 is 17.7 Å². The van der Waals surface area contributed by atoms with E-state index in [1.165, 1.54) is 5.56 Å². The number of ketones is 1. The third kappa shape index (κ3) is 5.26. The zero-order valence-electron chi connectivity index (χ0n) is 20.8. The fraction of sp³-hybridized carbons (Fsp3) is 0.429. The van der Waals surface area contributed by atoms with Crippen LogP contribution in [-0.2, 0) is 20.7 Å². The summed E-state index contributed by atoms with van der Waals surface area (Å²) in [5, 5.41) is 11.3. The van der Waals surface area contributed by atoms with Gasteiger partial charge >= 0.3 is 0 Å². The molecule has 2 heterocycles. The summed E-state index contributed by atoms with van der Waals surface area (Å²) in [5.41, 5.74) is 3.41. The number of aryl methyl sites for hydroxylation is 2. The predicted molar refractivity (Wildman–Crippen MR) is 134 cm³/mol. The highest BCUT2D eigenvalue weighted by Crippen LogP contribution is 2.40. The zero-order valence-corrected chi connectivity index (χ0v) is 20.8. The molecule has 0 spiro atoms. The summed E-state index contributed by atoms with van der Waals surface area (Å²) >= 11 is 0. The van der Waals surface area contributed by atoms with Crippen molar-refractivity contribution in [1.29, 1.82) is 0 Å². The van der Waals surface area contributed by atoms with Gasteiger partial charge in [-0.25, -0.2) is 0 Å². The molecule has 35 heavy (non-hydrogen) atoms. The van der Waals surface area contributed by atoms with E-state index in [2.05, 4.69) is 11.8 Å². The van der Waals surface area contributed by atoms with E-state index in [0.717, 1.165) is 56.8 Å². The van der Waals surface area contributed by atoms with Gasteiger partial charge in [-0.3, -0.25) is 14.5 Å². The molecule has 2 aromatic rings. The molecule has 1 N–H and O–H groups in total. The Bertz CT molecular complexity index is 1100. The van der Waals surface area contributed by atoms with Gasteiger partial charge in [0.2, 0.25) is 0 Å². The maximum Gasteiger partial charge on any atom is 0.295 e. The highest BCUT2D eigenvalue weighted by atomic mass is 16.5. The summed E-state index contributed by atoms with van der Waals surface area (Å²) in [6, 6.07) is 12.6. The van der Waals surface area contributed by atoms with Gasteiger partial charge in [0.1, 0.15) is 11.5 Å². The van der Waals surface area contributed by atoms with Crippen LogP contribution in [0.5, 0.6) is 5.75 Å². The minimum atomic E-state index is -0.645. The first-order valence-electron chi connectivity index (χ1n) is 12.3. The number of carbonyl (C=O) groups excluding carboxylic acids is 2. The molecule has 7 heteroatoms. The number of amides is 1. The van der Waals surface area contributed by atoms with Gasteiger partial charge in [-0.05, 0) is 54.7 Å². The van der Waals surface area contributed by atoms with Crippen LogP contribution in [0.3, 0.4) is 0 Å². The molecule has 1 amide bonds. The third-order valence-corrected chi connectivity index (χ3v) is 6.91. The first-order valence-corrected chi connectivity index (χ1v) is 12.3. The van der Waals surface area contributed by atoms with Crippen molar-refractivity contribution in [3.05, 3.63) is 70.3 Å². The van der Waals surface area contributed by atoms with Crippen molar-refractivity contribution in [2.24, 2.45) is 0 Å². The summed E-state index contributed by atoms with van der Waals surface area (Å²) in [6.07, 6.45) is 1.63. The molecule has 0 unspecified atom stereocenters. The highest BCUT2D eigenvalue weighted by Gasteiger charge is 2.46. The Kier molecular flexibility index (Phi) is 7.88. The first-order chi connectivity index (χ1) is 16.9. The number of nitrogens with zero attached hydrogens (tertiary/aromatic N) is 2. The summed E-state index contributed by atoms with van der Waals surface area (Å²) in [4.78, 5) is 30.4. The summed E-state index contributed by atoms with van der Waals surface area (Å²) in [5.74, 6) is -0.698. The number of Topliss-reactive ketones (excluding diaryl/α,β-unsaturated/α-hetero) is 1. The van der Waals surface area contributed by atoms with Gasteiger partial charge in [-0.1, -0.05) is 31.2 Å². The second-order valence-electron chi connectivity index (χ2n) is 9.08. The van der Waals surface area contributed by atoms with Crippen LogP contribution in [0.1, 0.15) is 41.6 Å². The average Bonchev–Trinajstić information content (AvgIpc) is 3.14. The van der Waals surface area contributed by atoms with E-state index in [1.807, 2.05) is 31.2 Å². The molecule has 186 valence electrons. The molecule has 0 saturated carbocycles. The minimum absolute atomic E-state index is 0.138. The number of benzene rings is 2. The number of likely N-dealkylation sites (tertiary alicyclic amines) is 1. The maximum absolute atomic E-state index is 13.3. The summed E-state index contributed by atoms with van der Waals surface area (Å²) in [7, 11) is 1.58. The second-order valence-corrected chi connectivity index (χ2v) is 9.08. The van der Waals surface area contributed by atoms with Gasteiger partial charge in [0.15, 0.2) is 0 Å². The molecule has 2 saturated heterocycles. The standard InChI is InChI=1S/C28H34N2O5/c1-4-20-6-8-21(9-7-20)25-24(26(31)23-11-10-22(34-3)18-19(23)2)27(32)28(33)30(25)13-5-12-29-14-16-35-17-15-29/h6-11,18,25,31H,4-5,12-17H2,1-3H3/t25-/m0/s1. The fourth-order valence-electron chi connectivity index (χ4n) is 4.86. The van der Waals surface area contributed by atoms with Gasteiger partial charge in [-0.15, -0.1) is 0 Å². The van der Waals surface area contributed by atoms with Gasteiger partial charge in [0, 0.05) is 31.7 Å². The molecular formula is C28H34N2O5. The van der Waals surface area contributed by atoms with Crippen LogP contribution in [0, 0.1) is 6.92 Å². The second kappa shape index (κ2) is 11.1. The van der Waals surface area contributed by atoms with Crippen LogP contribution in [0.2, 0.25) is 0 Å². The number of rotatable bonds is 8. The Morgan fingerprint density at radius 2 is 1.80 bits per heavy atom. The Morgan fingerprint density at radius 1 is 1.09 bits per heavy atom. The van der Waals surface area contributed by atoms with Gasteiger partial charge in [-0.2, -0.15) is 0 Å². The summed E-state index contributed by atoms with van der Waals surface area (Å²) < 4.78 is 10.7.